The van der Waals surface area contributed by atoms with Crippen LogP contribution in [0.1, 0.15) is 15.9 Å². The first-order chi connectivity index (χ1) is 6.06. The summed E-state index contributed by atoms with van der Waals surface area (Å²) in [4.78, 5) is 11.1. The Balaban J connectivity index is 3.20. The van der Waals surface area contributed by atoms with Gasteiger partial charge in [-0.15, -0.1) is 0 Å². The van der Waals surface area contributed by atoms with E-state index in [1.54, 1.807) is 12.1 Å². The Morgan fingerprint density at radius 3 is 2.62 bits per heavy atom. The van der Waals surface area contributed by atoms with Gasteiger partial charge in [0.2, 0.25) is 0 Å². The van der Waals surface area contributed by atoms with Crippen LogP contribution in [0.5, 0.6) is 0 Å². The highest BCUT2D eigenvalue weighted by molar-refractivity contribution is 9.10. The van der Waals surface area contributed by atoms with Gasteiger partial charge in [-0.2, -0.15) is 0 Å². The van der Waals surface area contributed by atoms with Crippen LogP contribution in [0, 0.1) is 6.92 Å². The van der Waals surface area contributed by atoms with Gasteiger partial charge in [-0.3, -0.25) is 0 Å². The van der Waals surface area contributed by atoms with Gasteiger partial charge in [-0.05, 0) is 24.6 Å². The van der Waals surface area contributed by atoms with Crippen LogP contribution in [0.2, 0.25) is 5.02 Å². The smallest absolute Gasteiger partial charge is 0.337 e. The molecule has 1 aromatic carbocycles. The Morgan fingerprint density at radius 1 is 1.54 bits per heavy atom. The van der Waals surface area contributed by atoms with E-state index in [2.05, 4.69) is 20.7 Å². The lowest BCUT2D eigenvalue weighted by atomic mass is 10.1. The summed E-state index contributed by atoms with van der Waals surface area (Å²) in [5, 5.41) is 0.551. The van der Waals surface area contributed by atoms with Crippen molar-refractivity contribution in [2.45, 2.75) is 6.92 Å². The van der Waals surface area contributed by atoms with E-state index in [-0.39, 0.29) is 5.97 Å². The summed E-state index contributed by atoms with van der Waals surface area (Å²) < 4.78 is 5.37. The number of rotatable bonds is 1. The summed E-state index contributed by atoms with van der Waals surface area (Å²) in [6.45, 7) is 1.87. The summed E-state index contributed by atoms with van der Waals surface area (Å²) in [6, 6.07) is 3.28. The van der Waals surface area contributed by atoms with Crippen LogP contribution in [-0.4, -0.2) is 13.1 Å². The first-order valence-corrected chi connectivity index (χ1v) is 4.77. The Morgan fingerprint density at radius 2 is 2.15 bits per heavy atom. The largest absolute Gasteiger partial charge is 0.465 e. The molecule has 70 valence electrons. The predicted molar refractivity (Wildman–Crippen MR) is 55.2 cm³/mol. The first kappa shape index (κ1) is 10.5. The first-order valence-electron chi connectivity index (χ1n) is 3.60. The molecule has 0 aliphatic heterocycles. The summed E-state index contributed by atoms with van der Waals surface area (Å²) in [5.74, 6) is -0.386. The van der Waals surface area contributed by atoms with E-state index in [0.717, 1.165) is 10.0 Å². The zero-order chi connectivity index (χ0) is 10.0. The molecule has 0 amide bonds. The van der Waals surface area contributed by atoms with Crippen molar-refractivity contribution < 1.29 is 9.53 Å². The number of carbonyl (C=O) groups excluding carboxylic acids is 1. The number of halogens is 2. The molecule has 0 saturated heterocycles. The Hall–Kier alpha value is -0.540. The molecule has 0 aliphatic carbocycles. The third-order valence-corrected chi connectivity index (χ3v) is 2.92. The van der Waals surface area contributed by atoms with Crippen LogP contribution < -0.4 is 0 Å². The third kappa shape index (κ3) is 2.23. The highest BCUT2D eigenvalue weighted by atomic mass is 79.9. The van der Waals surface area contributed by atoms with Crippen LogP contribution in [-0.2, 0) is 4.74 Å². The molecule has 13 heavy (non-hydrogen) atoms. The highest BCUT2D eigenvalue weighted by Gasteiger charge is 2.09. The van der Waals surface area contributed by atoms with Gasteiger partial charge in [-0.25, -0.2) is 4.79 Å². The molecule has 0 bridgehead atoms. The zero-order valence-corrected chi connectivity index (χ0v) is 9.57. The average molecular weight is 264 g/mol. The van der Waals surface area contributed by atoms with E-state index in [1.807, 2.05) is 6.92 Å². The Kier molecular flexibility index (Phi) is 3.33. The minimum Gasteiger partial charge on any atom is -0.465 e. The monoisotopic (exact) mass is 262 g/mol. The normalized spacial score (nSPS) is 9.85. The van der Waals surface area contributed by atoms with E-state index < -0.39 is 0 Å². The molecule has 1 aromatic rings. The van der Waals surface area contributed by atoms with Crippen molar-refractivity contribution in [3.8, 4) is 0 Å². The molecule has 0 aliphatic rings. The molecular formula is C9H8BrClO2. The van der Waals surface area contributed by atoms with Gasteiger partial charge in [0.25, 0.3) is 0 Å². The lowest BCUT2D eigenvalue weighted by Crippen LogP contribution is -2.01. The number of methoxy groups -OCH3 is 1. The van der Waals surface area contributed by atoms with E-state index in [1.165, 1.54) is 7.11 Å². The van der Waals surface area contributed by atoms with E-state index >= 15 is 0 Å². The maximum atomic E-state index is 11.1. The molecule has 4 heteroatoms. The standard InChI is InChI=1S/C9H8BrClO2/c1-5-7(10)3-6(4-8(5)11)9(12)13-2/h3-4H,1-2H3. The van der Waals surface area contributed by atoms with Gasteiger partial charge in [0.15, 0.2) is 0 Å². The maximum Gasteiger partial charge on any atom is 0.337 e. The van der Waals surface area contributed by atoms with Gasteiger partial charge in [0, 0.05) is 9.50 Å². The number of esters is 1. The molecule has 0 radical (unpaired) electrons. The quantitative estimate of drug-likeness (QED) is 0.727. The third-order valence-electron chi connectivity index (χ3n) is 1.70. The fourth-order valence-electron chi connectivity index (χ4n) is 0.881. The van der Waals surface area contributed by atoms with Gasteiger partial charge >= 0.3 is 5.97 Å². The van der Waals surface area contributed by atoms with Crippen molar-refractivity contribution in [2.75, 3.05) is 7.11 Å². The second kappa shape index (κ2) is 4.11. The molecule has 0 aromatic heterocycles. The molecule has 0 atom stereocenters. The summed E-state index contributed by atoms with van der Waals surface area (Å²) in [7, 11) is 1.34. The van der Waals surface area contributed by atoms with Crippen LogP contribution in [0.25, 0.3) is 0 Å². The average Bonchev–Trinajstić information content (AvgIpc) is 2.12. The van der Waals surface area contributed by atoms with Crippen molar-refractivity contribution in [3.05, 3.63) is 32.8 Å². The molecule has 0 spiro atoms. The lowest BCUT2D eigenvalue weighted by molar-refractivity contribution is 0.0600. The maximum absolute atomic E-state index is 11.1. The minimum absolute atomic E-state index is 0.386. The number of ether oxygens (including phenoxy) is 1. The van der Waals surface area contributed by atoms with Crippen molar-refractivity contribution >= 4 is 33.5 Å². The van der Waals surface area contributed by atoms with Gasteiger partial charge in [-0.1, -0.05) is 27.5 Å². The second-order valence-electron chi connectivity index (χ2n) is 2.56. The number of carbonyl (C=O) groups is 1. The van der Waals surface area contributed by atoms with Crippen molar-refractivity contribution in [1.29, 1.82) is 0 Å². The predicted octanol–water partition coefficient (Wildman–Crippen LogP) is 3.20. The summed E-state index contributed by atoms with van der Waals surface area (Å²) >= 11 is 9.18. The van der Waals surface area contributed by atoms with Gasteiger partial charge < -0.3 is 4.74 Å². The lowest BCUT2D eigenvalue weighted by Gasteiger charge is -2.04. The van der Waals surface area contributed by atoms with E-state index in [9.17, 15) is 4.79 Å². The molecular weight excluding hydrogens is 255 g/mol. The van der Waals surface area contributed by atoms with E-state index in [0.29, 0.717) is 10.6 Å². The van der Waals surface area contributed by atoms with Crippen LogP contribution in [0.3, 0.4) is 0 Å². The summed E-state index contributed by atoms with van der Waals surface area (Å²) in [6.07, 6.45) is 0. The minimum atomic E-state index is -0.386. The fourth-order valence-corrected chi connectivity index (χ4v) is 1.67. The molecule has 2 nitrogen and oxygen atoms in total. The SMILES string of the molecule is COC(=O)c1cc(Cl)c(C)c(Br)c1. The zero-order valence-electron chi connectivity index (χ0n) is 7.23. The highest BCUT2D eigenvalue weighted by Crippen LogP contribution is 2.26. The van der Waals surface area contributed by atoms with Crippen LogP contribution >= 0.6 is 27.5 Å². The second-order valence-corrected chi connectivity index (χ2v) is 3.82. The molecule has 0 fully saturated rings. The number of hydrogen-bond acceptors (Lipinski definition) is 2. The molecule has 1 rings (SSSR count). The molecule has 0 unspecified atom stereocenters. The van der Waals surface area contributed by atoms with E-state index in [4.69, 9.17) is 11.6 Å². The van der Waals surface area contributed by atoms with Crippen LogP contribution in [0.4, 0.5) is 0 Å². The summed E-state index contributed by atoms with van der Waals surface area (Å²) in [5.41, 5.74) is 1.36. The van der Waals surface area contributed by atoms with Crippen molar-refractivity contribution in [2.24, 2.45) is 0 Å². The Labute approximate surface area is 90.0 Å². The number of hydrogen-bond donors (Lipinski definition) is 0. The van der Waals surface area contributed by atoms with Crippen LogP contribution in [0.15, 0.2) is 16.6 Å². The Bertz CT molecular complexity index is 326. The molecule has 0 N–H and O–H groups in total. The molecule has 0 saturated carbocycles. The van der Waals surface area contributed by atoms with Gasteiger partial charge in [0.05, 0.1) is 12.7 Å². The topological polar surface area (TPSA) is 26.3 Å². The molecule has 0 heterocycles. The van der Waals surface area contributed by atoms with Gasteiger partial charge in [0.1, 0.15) is 0 Å². The van der Waals surface area contributed by atoms with Crippen molar-refractivity contribution in [1.82, 2.24) is 0 Å². The number of benzene rings is 1. The van der Waals surface area contributed by atoms with Crippen molar-refractivity contribution in [3.63, 3.8) is 0 Å². The fraction of sp³-hybridized carbons (Fsp3) is 0.222.